The number of nitrogens with zero attached hydrogens (tertiary/aromatic N) is 3. The van der Waals surface area contributed by atoms with Crippen LogP contribution in [0.3, 0.4) is 0 Å². The maximum atomic E-state index is 4.36. The molecule has 1 aromatic rings. The zero-order valence-corrected chi connectivity index (χ0v) is 13.7. The van der Waals surface area contributed by atoms with Gasteiger partial charge in [0, 0.05) is 49.0 Å². The molecule has 1 aromatic heterocycles. The van der Waals surface area contributed by atoms with E-state index in [4.69, 9.17) is 0 Å². The molecule has 114 valence electrons. The first-order valence-electron chi connectivity index (χ1n) is 7.93. The van der Waals surface area contributed by atoms with E-state index in [0.717, 1.165) is 6.54 Å². The summed E-state index contributed by atoms with van der Waals surface area (Å²) in [6.45, 7) is 14.6. The smallest absolute Gasteiger partial charge is 0.0537 e. The average molecular weight is 278 g/mol. The first-order valence-corrected chi connectivity index (χ1v) is 7.93. The maximum absolute atomic E-state index is 4.36. The molecule has 1 fully saturated rings. The van der Waals surface area contributed by atoms with Gasteiger partial charge in [-0.1, -0.05) is 0 Å². The molecule has 1 saturated heterocycles. The van der Waals surface area contributed by atoms with E-state index in [-0.39, 0.29) is 0 Å². The molecule has 1 aliphatic rings. The molecule has 4 heteroatoms. The lowest BCUT2D eigenvalue weighted by Crippen LogP contribution is -2.50. The fraction of sp³-hybridized carbons (Fsp3) is 0.812. The molecule has 0 radical (unpaired) electrons. The lowest BCUT2D eigenvalue weighted by molar-refractivity contribution is 0.0942. The minimum absolute atomic E-state index is 0.304. The number of piperidine rings is 1. The van der Waals surface area contributed by atoms with Crippen molar-refractivity contribution in [1.82, 2.24) is 20.0 Å². The summed E-state index contributed by atoms with van der Waals surface area (Å²) < 4.78 is 2.00. The Morgan fingerprint density at radius 1 is 1.35 bits per heavy atom. The molecule has 0 saturated carbocycles. The second kappa shape index (κ2) is 6.27. The quantitative estimate of drug-likeness (QED) is 0.919. The van der Waals surface area contributed by atoms with Crippen LogP contribution in [0.15, 0.2) is 12.4 Å². The zero-order chi connectivity index (χ0) is 14.8. The number of nitrogens with one attached hydrogen (secondary N) is 1. The third-order valence-electron chi connectivity index (χ3n) is 4.41. The molecule has 1 aliphatic heterocycles. The van der Waals surface area contributed by atoms with E-state index < -0.39 is 0 Å². The number of aromatic nitrogens is 2. The van der Waals surface area contributed by atoms with Crippen molar-refractivity contribution >= 4 is 0 Å². The number of rotatable bonds is 4. The van der Waals surface area contributed by atoms with Gasteiger partial charge >= 0.3 is 0 Å². The van der Waals surface area contributed by atoms with Crippen molar-refractivity contribution in [3.05, 3.63) is 18.0 Å². The summed E-state index contributed by atoms with van der Waals surface area (Å²) in [5, 5.41) is 8.13. The lowest BCUT2D eigenvalue weighted by Gasteiger charge is -2.41. The Hall–Kier alpha value is -0.870. The van der Waals surface area contributed by atoms with E-state index in [0.29, 0.717) is 17.6 Å². The first kappa shape index (κ1) is 15.5. The molecular weight excluding hydrogens is 248 g/mol. The van der Waals surface area contributed by atoms with Crippen molar-refractivity contribution in [3.8, 4) is 0 Å². The van der Waals surface area contributed by atoms with Crippen molar-refractivity contribution in [1.29, 1.82) is 0 Å². The molecule has 1 N–H and O–H groups in total. The van der Waals surface area contributed by atoms with E-state index in [2.05, 4.69) is 56.1 Å². The standard InChI is InChI=1S/C16H30N4/c1-6-20-12-14(11-17-20)13(2)18-15-7-9-19(10-8-15)16(3,4)5/h11-13,15,18H,6-10H2,1-5H3. The van der Waals surface area contributed by atoms with Crippen LogP contribution in [-0.2, 0) is 6.54 Å². The van der Waals surface area contributed by atoms with E-state index in [1.165, 1.54) is 31.5 Å². The van der Waals surface area contributed by atoms with E-state index >= 15 is 0 Å². The Morgan fingerprint density at radius 2 is 2.00 bits per heavy atom. The topological polar surface area (TPSA) is 33.1 Å². The fourth-order valence-electron chi connectivity index (χ4n) is 2.94. The Balaban J connectivity index is 1.83. The minimum atomic E-state index is 0.304. The SMILES string of the molecule is CCn1cc(C(C)NC2CCN(C(C)(C)C)CC2)cn1. The van der Waals surface area contributed by atoms with Crippen molar-refractivity contribution in [2.45, 2.75) is 71.6 Å². The van der Waals surface area contributed by atoms with Crippen LogP contribution in [0.25, 0.3) is 0 Å². The molecule has 2 rings (SSSR count). The average Bonchev–Trinajstić information content (AvgIpc) is 2.87. The number of aryl methyl sites for hydroxylation is 1. The molecule has 1 unspecified atom stereocenters. The van der Waals surface area contributed by atoms with Gasteiger partial charge in [0.2, 0.25) is 0 Å². The molecule has 2 heterocycles. The molecule has 1 atom stereocenters. The van der Waals surface area contributed by atoms with Gasteiger partial charge in [-0.05, 0) is 47.5 Å². The predicted molar refractivity (Wildman–Crippen MR) is 83.8 cm³/mol. The Bertz CT molecular complexity index is 410. The molecule has 20 heavy (non-hydrogen) atoms. The van der Waals surface area contributed by atoms with Gasteiger partial charge in [-0.3, -0.25) is 9.58 Å². The second-order valence-electron chi connectivity index (χ2n) is 6.95. The highest BCUT2D eigenvalue weighted by Gasteiger charge is 2.27. The first-order chi connectivity index (χ1) is 9.40. The Labute approximate surface area is 123 Å². The number of hydrogen-bond acceptors (Lipinski definition) is 3. The third kappa shape index (κ3) is 3.83. The van der Waals surface area contributed by atoms with Gasteiger partial charge in [0.05, 0.1) is 6.20 Å². The summed E-state index contributed by atoms with van der Waals surface area (Å²) in [6.07, 6.45) is 6.63. The molecular formula is C16H30N4. The van der Waals surface area contributed by atoms with Crippen LogP contribution in [0.5, 0.6) is 0 Å². The van der Waals surface area contributed by atoms with Crippen LogP contribution in [0, 0.1) is 0 Å². The Morgan fingerprint density at radius 3 is 2.50 bits per heavy atom. The summed E-state index contributed by atoms with van der Waals surface area (Å²) in [7, 11) is 0. The predicted octanol–water partition coefficient (Wildman–Crippen LogP) is 2.82. The van der Waals surface area contributed by atoms with Crippen molar-refractivity contribution in [2.75, 3.05) is 13.1 Å². The van der Waals surface area contributed by atoms with Crippen LogP contribution in [-0.4, -0.2) is 39.4 Å². The van der Waals surface area contributed by atoms with Crippen LogP contribution >= 0.6 is 0 Å². The normalized spacial score (nSPS) is 20.2. The number of likely N-dealkylation sites (tertiary alicyclic amines) is 1. The summed E-state index contributed by atoms with van der Waals surface area (Å²) in [5.41, 5.74) is 1.60. The summed E-state index contributed by atoms with van der Waals surface area (Å²) >= 11 is 0. The highest BCUT2D eigenvalue weighted by Crippen LogP contribution is 2.22. The van der Waals surface area contributed by atoms with E-state index in [1.807, 2.05) is 10.9 Å². The zero-order valence-electron chi connectivity index (χ0n) is 13.7. The summed E-state index contributed by atoms with van der Waals surface area (Å²) in [6, 6.07) is 1.02. The van der Waals surface area contributed by atoms with Crippen LogP contribution in [0.4, 0.5) is 0 Å². The Kier molecular flexibility index (Phi) is 4.86. The van der Waals surface area contributed by atoms with Gasteiger partial charge in [0.15, 0.2) is 0 Å². The maximum Gasteiger partial charge on any atom is 0.0537 e. The highest BCUT2D eigenvalue weighted by molar-refractivity contribution is 5.09. The molecule has 0 spiro atoms. The van der Waals surface area contributed by atoms with Crippen LogP contribution in [0.2, 0.25) is 0 Å². The minimum Gasteiger partial charge on any atom is -0.307 e. The molecule has 0 aliphatic carbocycles. The van der Waals surface area contributed by atoms with E-state index in [9.17, 15) is 0 Å². The lowest BCUT2D eigenvalue weighted by atomic mass is 9.97. The van der Waals surface area contributed by atoms with Crippen molar-refractivity contribution in [2.24, 2.45) is 0 Å². The fourth-order valence-corrected chi connectivity index (χ4v) is 2.94. The van der Waals surface area contributed by atoms with Crippen molar-refractivity contribution < 1.29 is 0 Å². The molecule has 4 nitrogen and oxygen atoms in total. The van der Waals surface area contributed by atoms with Crippen LogP contribution < -0.4 is 5.32 Å². The largest absolute Gasteiger partial charge is 0.307 e. The van der Waals surface area contributed by atoms with Crippen LogP contribution in [0.1, 0.15) is 59.1 Å². The van der Waals surface area contributed by atoms with Gasteiger partial charge in [0.25, 0.3) is 0 Å². The van der Waals surface area contributed by atoms with Gasteiger partial charge in [-0.15, -0.1) is 0 Å². The molecule has 0 bridgehead atoms. The van der Waals surface area contributed by atoms with Gasteiger partial charge in [0.1, 0.15) is 0 Å². The summed E-state index contributed by atoms with van der Waals surface area (Å²) in [5.74, 6) is 0. The molecule has 0 aromatic carbocycles. The molecule has 0 amide bonds. The van der Waals surface area contributed by atoms with Gasteiger partial charge in [-0.2, -0.15) is 5.10 Å². The number of hydrogen-bond donors (Lipinski definition) is 1. The highest BCUT2D eigenvalue weighted by atomic mass is 15.3. The van der Waals surface area contributed by atoms with E-state index in [1.54, 1.807) is 0 Å². The summed E-state index contributed by atoms with van der Waals surface area (Å²) in [4.78, 5) is 2.59. The third-order valence-corrected chi connectivity index (χ3v) is 4.41. The monoisotopic (exact) mass is 278 g/mol. The van der Waals surface area contributed by atoms with Gasteiger partial charge < -0.3 is 5.32 Å². The van der Waals surface area contributed by atoms with Gasteiger partial charge in [-0.25, -0.2) is 0 Å². The second-order valence-corrected chi connectivity index (χ2v) is 6.95. The van der Waals surface area contributed by atoms with Crippen molar-refractivity contribution in [3.63, 3.8) is 0 Å².